The summed E-state index contributed by atoms with van der Waals surface area (Å²) in [5, 5.41) is 0. The van der Waals surface area contributed by atoms with Crippen molar-refractivity contribution >= 4 is 37.8 Å². The molecule has 0 aliphatic heterocycles. The van der Waals surface area contributed by atoms with Crippen LogP contribution in [0.25, 0.3) is 0 Å². The Kier molecular flexibility index (Phi) is 5.28. The van der Waals surface area contributed by atoms with Gasteiger partial charge in [0.1, 0.15) is 12.4 Å². The maximum atomic E-state index is 11.2. The third-order valence-electron chi connectivity index (χ3n) is 1.99. The third kappa shape index (κ3) is 3.79. The van der Waals surface area contributed by atoms with Crippen LogP contribution in [0.15, 0.2) is 27.1 Å². The Balaban J connectivity index is 2.58. The predicted molar refractivity (Wildman–Crippen MR) is 68.5 cm³/mol. The third-order valence-corrected chi connectivity index (χ3v) is 3.10. The summed E-state index contributed by atoms with van der Waals surface area (Å²) >= 11 is 6.73. The Bertz CT molecular complexity index is 379. The molecule has 0 spiro atoms. The zero-order valence-electron chi connectivity index (χ0n) is 9.00. The van der Waals surface area contributed by atoms with Crippen LogP contribution in [0.3, 0.4) is 0 Å². The average molecular weight is 352 g/mol. The van der Waals surface area contributed by atoms with E-state index < -0.39 is 0 Å². The van der Waals surface area contributed by atoms with Crippen molar-refractivity contribution in [3.8, 4) is 5.75 Å². The molecule has 0 amide bonds. The highest BCUT2D eigenvalue weighted by molar-refractivity contribution is 9.11. The summed E-state index contributed by atoms with van der Waals surface area (Å²) in [5.74, 6) is 0.160. The van der Waals surface area contributed by atoms with Gasteiger partial charge < -0.3 is 9.47 Å². The van der Waals surface area contributed by atoms with E-state index in [-0.39, 0.29) is 11.9 Å². The molecule has 88 valence electrons. The molecule has 1 atom stereocenters. The molecule has 0 saturated heterocycles. The second kappa shape index (κ2) is 6.25. The number of carbonyl (C=O) groups is 1. The molecule has 16 heavy (non-hydrogen) atoms. The SMILES string of the molecule is COC(=O)C(C)COc1ccc(Br)cc1Br. The summed E-state index contributed by atoms with van der Waals surface area (Å²) in [6.07, 6.45) is 0. The lowest BCUT2D eigenvalue weighted by Crippen LogP contribution is -2.20. The summed E-state index contributed by atoms with van der Waals surface area (Å²) in [5.41, 5.74) is 0. The smallest absolute Gasteiger partial charge is 0.311 e. The number of benzene rings is 1. The van der Waals surface area contributed by atoms with Gasteiger partial charge in [0.2, 0.25) is 0 Å². The van der Waals surface area contributed by atoms with Gasteiger partial charge in [0.05, 0.1) is 17.5 Å². The molecule has 0 aliphatic rings. The zero-order chi connectivity index (χ0) is 12.1. The first-order valence-electron chi connectivity index (χ1n) is 4.70. The normalized spacial score (nSPS) is 12.0. The molecule has 1 aromatic rings. The fraction of sp³-hybridized carbons (Fsp3) is 0.364. The van der Waals surface area contributed by atoms with E-state index in [1.807, 2.05) is 18.2 Å². The number of esters is 1. The molecule has 1 unspecified atom stereocenters. The summed E-state index contributed by atoms with van der Waals surface area (Å²) in [7, 11) is 1.37. The van der Waals surface area contributed by atoms with Crippen molar-refractivity contribution in [2.75, 3.05) is 13.7 Å². The van der Waals surface area contributed by atoms with Gasteiger partial charge in [0.15, 0.2) is 0 Å². The van der Waals surface area contributed by atoms with Gasteiger partial charge >= 0.3 is 5.97 Å². The van der Waals surface area contributed by atoms with Crippen molar-refractivity contribution in [3.05, 3.63) is 27.1 Å². The minimum Gasteiger partial charge on any atom is -0.492 e. The molecule has 0 N–H and O–H groups in total. The van der Waals surface area contributed by atoms with Gasteiger partial charge in [-0.05, 0) is 41.1 Å². The van der Waals surface area contributed by atoms with Crippen LogP contribution in [0, 0.1) is 5.92 Å². The predicted octanol–water partition coefficient (Wildman–Crippen LogP) is 3.40. The van der Waals surface area contributed by atoms with E-state index in [2.05, 4.69) is 36.6 Å². The Morgan fingerprint density at radius 1 is 1.44 bits per heavy atom. The largest absolute Gasteiger partial charge is 0.492 e. The minimum atomic E-state index is -0.277. The number of rotatable bonds is 4. The Morgan fingerprint density at radius 3 is 2.69 bits per heavy atom. The number of hydrogen-bond acceptors (Lipinski definition) is 3. The molecule has 0 bridgehead atoms. The lowest BCUT2D eigenvalue weighted by molar-refractivity contribution is -0.145. The number of ether oxygens (including phenoxy) is 2. The van der Waals surface area contributed by atoms with Crippen LogP contribution in [0.4, 0.5) is 0 Å². The minimum absolute atomic E-state index is 0.270. The molecule has 0 heterocycles. The summed E-state index contributed by atoms with van der Waals surface area (Å²) in [6, 6.07) is 5.60. The van der Waals surface area contributed by atoms with Crippen LogP contribution < -0.4 is 4.74 Å². The zero-order valence-corrected chi connectivity index (χ0v) is 12.2. The van der Waals surface area contributed by atoms with Gasteiger partial charge in [-0.1, -0.05) is 15.9 Å². The maximum Gasteiger partial charge on any atom is 0.311 e. The van der Waals surface area contributed by atoms with E-state index in [1.165, 1.54) is 7.11 Å². The fourth-order valence-electron chi connectivity index (χ4n) is 1.08. The van der Waals surface area contributed by atoms with Crippen LogP contribution >= 0.6 is 31.9 Å². The van der Waals surface area contributed by atoms with Crippen LogP contribution in [-0.2, 0) is 9.53 Å². The molecule has 0 radical (unpaired) electrons. The summed E-state index contributed by atoms with van der Waals surface area (Å²) in [4.78, 5) is 11.2. The van der Waals surface area contributed by atoms with Gasteiger partial charge in [-0.15, -0.1) is 0 Å². The highest BCUT2D eigenvalue weighted by atomic mass is 79.9. The van der Waals surface area contributed by atoms with Gasteiger partial charge in [-0.3, -0.25) is 4.79 Å². The van der Waals surface area contributed by atoms with Crippen molar-refractivity contribution in [3.63, 3.8) is 0 Å². The maximum absolute atomic E-state index is 11.2. The van der Waals surface area contributed by atoms with Crippen LogP contribution in [0.2, 0.25) is 0 Å². The van der Waals surface area contributed by atoms with E-state index in [9.17, 15) is 4.79 Å². The highest BCUT2D eigenvalue weighted by Gasteiger charge is 2.14. The highest BCUT2D eigenvalue weighted by Crippen LogP contribution is 2.28. The van der Waals surface area contributed by atoms with Crippen molar-refractivity contribution in [1.29, 1.82) is 0 Å². The lowest BCUT2D eigenvalue weighted by atomic mass is 10.2. The second-order valence-corrected chi connectivity index (χ2v) is 5.08. The van der Waals surface area contributed by atoms with E-state index >= 15 is 0 Å². The lowest BCUT2D eigenvalue weighted by Gasteiger charge is -2.12. The first-order chi connectivity index (χ1) is 7.54. The molecule has 3 nitrogen and oxygen atoms in total. The Hall–Kier alpha value is -0.550. The molecule has 0 aromatic heterocycles. The summed E-state index contributed by atoms with van der Waals surface area (Å²) in [6.45, 7) is 2.06. The van der Waals surface area contributed by atoms with Gasteiger partial charge in [-0.25, -0.2) is 0 Å². The quantitative estimate of drug-likeness (QED) is 0.780. The molecular formula is C11H12Br2O3. The number of hydrogen-bond donors (Lipinski definition) is 0. The van der Waals surface area contributed by atoms with Crippen molar-refractivity contribution < 1.29 is 14.3 Å². The topological polar surface area (TPSA) is 35.5 Å². The number of halogens is 2. The van der Waals surface area contributed by atoms with Gasteiger partial charge in [0.25, 0.3) is 0 Å². The molecule has 1 rings (SSSR count). The average Bonchev–Trinajstić information content (AvgIpc) is 2.26. The first-order valence-corrected chi connectivity index (χ1v) is 6.29. The molecule has 5 heteroatoms. The monoisotopic (exact) mass is 350 g/mol. The van der Waals surface area contributed by atoms with Crippen LogP contribution in [0.1, 0.15) is 6.92 Å². The summed E-state index contributed by atoms with van der Waals surface area (Å²) < 4.78 is 11.9. The van der Waals surface area contributed by atoms with Crippen molar-refractivity contribution in [1.82, 2.24) is 0 Å². The second-order valence-electron chi connectivity index (χ2n) is 3.31. The van der Waals surface area contributed by atoms with Gasteiger partial charge in [-0.2, -0.15) is 0 Å². The van der Waals surface area contributed by atoms with E-state index in [0.717, 1.165) is 8.95 Å². The Labute approximate surface area is 111 Å². The van der Waals surface area contributed by atoms with Crippen LogP contribution in [0.5, 0.6) is 5.75 Å². The van der Waals surface area contributed by atoms with Crippen molar-refractivity contribution in [2.24, 2.45) is 5.92 Å². The van der Waals surface area contributed by atoms with E-state index in [0.29, 0.717) is 12.4 Å². The fourth-order valence-corrected chi connectivity index (χ4v) is 2.24. The Morgan fingerprint density at radius 2 is 2.12 bits per heavy atom. The van der Waals surface area contributed by atoms with E-state index in [4.69, 9.17) is 4.74 Å². The van der Waals surface area contributed by atoms with Gasteiger partial charge in [0, 0.05) is 4.47 Å². The number of methoxy groups -OCH3 is 1. The first kappa shape index (κ1) is 13.5. The van der Waals surface area contributed by atoms with Crippen molar-refractivity contribution in [2.45, 2.75) is 6.92 Å². The number of carbonyl (C=O) groups excluding carboxylic acids is 1. The molecule has 1 aromatic carbocycles. The van der Waals surface area contributed by atoms with Crippen LogP contribution in [-0.4, -0.2) is 19.7 Å². The molecular weight excluding hydrogens is 340 g/mol. The van der Waals surface area contributed by atoms with E-state index in [1.54, 1.807) is 6.92 Å². The molecule has 0 aliphatic carbocycles. The standard InChI is InChI=1S/C11H12Br2O3/c1-7(11(14)15-2)6-16-10-4-3-8(12)5-9(10)13/h3-5,7H,6H2,1-2H3. The molecule has 0 fully saturated rings. The molecule has 0 saturated carbocycles.